The van der Waals surface area contributed by atoms with Gasteiger partial charge in [0.05, 0.1) is 6.04 Å². The summed E-state index contributed by atoms with van der Waals surface area (Å²) in [5, 5.41) is 13.2. The van der Waals surface area contributed by atoms with Crippen LogP contribution < -0.4 is 10.1 Å². The largest absolute Gasteiger partial charge is 0.508 e. The number of benzene rings is 2. The van der Waals surface area contributed by atoms with E-state index < -0.39 is 0 Å². The zero-order valence-electron chi connectivity index (χ0n) is 13.5. The maximum atomic E-state index is 9.55. The molecule has 1 aliphatic heterocycles. The van der Waals surface area contributed by atoms with E-state index in [4.69, 9.17) is 4.74 Å². The molecule has 3 heteroatoms. The predicted molar refractivity (Wildman–Crippen MR) is 96.6 cm³/mol. The highest BCUT2D eigenvalue weighted by atomic mass is 16.5. The lowest BCUT2D eigenvalue weighted by molar-refractivity contribution is 0.361. The van der Waals surface area contributed by atoms with Crippen LogP contribution in [-0.2, 0) is 0 Å². The highest BCUT2D eigenvalue weighted by Crippen LogP contribution is 2.50. The Bertz CT molecular complexity index is 779. The molecule has 3 atom stereocenters. The Morgan fingerprint density at radius 1 is 1.21 bits per heavy atom. The van der Waals surface area contributed by atoms with Gasteiger partial charge in [0.2, 0.25) is 0 Å². The van der Waals surface area contributed by atoms with Crippen molar-refractivity contribution in [2.75, 3.05) is 11.9 Å². The summed E-state index contributed by atoms with van der Waals surface area (Å²) in [6.07, 6.45) is 7.41. The number of aromatic hydroxyl groups is 1. The minimum Gasteiger partial charge on any atom is -0.508 e. The average Bonchev–Trinajstić information content (AvgIpc) is 3.10. The fraction of sp³-hybridized carbons (Fsp3) is 0.238. The minimum atomic E-state index is 0.248. The van der Waals surface area contributed by atoms with Gasteiger partial charge in [-0.2, -0.15) is 0 Å². The fourth-order valence-electron chi connectivity index (χ4n) is 3.83. The second kappa shape index (κ2) is 6.08. The highest BCUT2D eigenvalue weighted by molar-refractivity contribution is 5.61. The van der Waals surface area contributed by atoms with Gasteiger partial charge in [-0.15, -0.1) is 0 Å². The molecule has 122 valence electrons. The first-order valence-corrected chi connectivity index (χ1v) is 8.36. The molecule has 24 heavy (non-hydrogen) atoms. The van der Waals surface area contributed by atoms with Crippen LogP contribution in [0.2, 0.25) is 0 Å². The summed E-state index contributed by atoms with van der Waals surface area (Å²) in [6, 6.07) is 14.0. The quantitative estimate of drug-likeness (QED) is 0.797. The van der Waals surface area contributed by atoms with Crippen molar-refractivity contribution in [1.29, 1.82) is 0 Å². The maximum Gasteiger partial charge on any atom is 0.120 e. The van der Waals surface area contributed by atoms with E-state index in [9.17, 15) is 5.11 Å². The van der Waals surface area contributed by atoms with Crippen molar-refractivity contribution in [3.63, 3.8) is 0 Å². The molecule has 0 aromatic heterocycles. The van der Waals surface area contributed by atoms with Crippen molar-refractivity contribution in [1.82, 2.24) is 0 Å². The smallest absolute Gasteiger partial charge is 0.120 e. The summed E-state index contributed by atoms with van der Waals surface area (Å²) in [5.74, 6) is 2.07. The van der Waals surface area contributed by atoms with Gasteiger partial charge >= 0.3 is 0 Å². The standard InChI is InChI=1S/C21H21NO2/c1-2-12-24-16-10-11-20-19(13-16)17-4-3-5-18(17)21(22-20)14-6-8-15(23)9-7-14/h2-4,6-11,13,17-18,21-23H,1,5,12H2. The third kappa shape index (κ3) is 2.56. The summed E-state index contributed by atoms with van der Waals surface area (Å²) in [4.78, 5) is 0. The van der Waals surface area contributed by atoms with Crippen molar-refractivity contribution in [3.8, 4) is 11.5 Å². The first kappa shape index (κ1) is 14.9. The number of phenols is 1. The van der Waals surface area contributed by atoms with Crippen molar-refractivity contribution in [2.24, 2.45) is 5.92 Å². The van der Waals surface area contributed by atoms with Gasteiger partial charge in [0.15, 0.2) is 0 Å². The summed E-state index contributed by atoms with van der Waals surface area (Å²) < 4.78 is 5.70. The normalized spacial score (nSPS) is 23.9. The maximum absolute atomic E-state index is 9.55. The van der Waals surface area contributed by atoms with Crippen LogP contribution in [0.3, 0.4) is 0 Å². The van der Waals surface area contributed by atoms with Gasteiger partial charge in [-0.1, -0.05) is 36.9 Å². The number of anilines is 1. The van der Waals surface area contributed by atoms with Crippen LogP contribution in [0, 0.1) is 5.92 Å². The molecular weight excluding hydrogens is 298 g/mol. The Morgan fingerprint density at radius 3 is 2.83 bits per heavy atom. The first-order chi connectivity index (χ1) is 11.8. The molecule has 1 heterocycles. The van der Waals surface area contributed by atoms with Crippen LogP contribution in [0.4, 0.5) is 5.69 Å². The molecule has 2 aromatic rings. The predicted octanol–water partition coefficient (Wildman–Crippen LogP) is 4.78. The molecule has 0 bridgehead atoms. The number of fused-ring (bicyclic) bond motifs is 3. The third-order valence-electron chi connectivity index (χ3n) is 4.95. The van der Waals surface area contributed by atoms with Crippen LogP contribution >= 0.6 is 0 Å². The monoisotopic (exact) mass is 319 g/mol. The van der Waals surface area contributed by atoms with Gasteiger partial charge in [-0.25, -0.2) is 0 Å². The fourth-order valence-corrected chi connectivity index (χ4v) is 3.83. The number of nitrogens with one attached hydrogen (secondary N) is 1. The number of phenolic OH excluding ortho intramolecular Hbond substituents is 1. The molecule has 3 unspecified atom stereocenters. The van der Waals surface area contributed by atoms with E-state index >= 15 is 0 Å². The summed E-state index contributed by atoms with van der Waals surface area (Å²) in [7, 11) is 0. The first-order valence-electron chi connectivity index (χ1n) is 8.36. The van der Waals surface area contributed by atoms with Gasteiger partial charge in [0.1, 0.15) is 18.1 Å². The Balaban J connectivity index is 1.69. The molecule has 1 aliphatic carbocycles. The minimum absolute atomic E-state index is 0.248. The molecule has 0 amide bonds. The Hall–Kier alpha value is -2.68. The lowest BCUT2D eigenvalue weighted by Crippen LogP contribution is -2.29. The lowest BCUT2D eigenvalue weighted by atomic mass is 9.77. The van der Waals surface area contributed by atoms with E-state index in [1.54, 1.807) is 18.2 Å². The number of hydrogen-bond donors (Lipinski definition) is 2. The van der Waals surface area contributed by atoms with Crippen molar-refractivity contribution in [2.45, 2.75) is 18.4 Å². The lowest BCUT2D eigenvalue weighted by Gasteiger charge is -2.37. The van der Waals surface area contributed by atoms with Crippen molar-refractivity contribution < 1.29 is 9.84 Å². The number of ether oxygens (including phenoxy) is 1. The number of rotatable bonds is 4. The van der Waals surface area contributed by atoms with Crippen LogP contribution in [0.1, 0.15) is 29.5 Å². The summed E-state index contributed by atoms with van der Waals surface area (Å²) in [5.41, 5.74) is 3.67. The van der Waals surface area contributed by atoms with E-state index in [2.05, 4.69) is 36.2 Å². The second-order valence-electron chi connectivity index (χ2n) is 6.42. The summed E-state index contributed by atoms with van der Waals surface area (Å²) >= 11 is 0. The van der Waals surface area contributed by atoms with E-state index in [0.717, 1.165) is 17.9 Å². The van der Waals surface area contributed by atoms with E-state index in [1.165, 1.54) is 11.1 Å². The van der Waals surface area contributed by atoms with Crippen molar-refractivity contribution >= 4 is 5.69 Å². The van der Waals surface area contributed by atoms with Gasteiger partial charge in [0, 0.05) is 11.6 Å². The van der Waals surface area contributed by atoms with E-state index in [-0.39, 0.29) is 6.04 Å². The third-order valence-corrected chi connectivity index (χ3v) is 4.95. The molecule has 0 radical (unpaired) electrons. The molecule has 2 N–H and O–H groups in total. The van der Waals surface area contributed by atoms with Crippen LogP contribution in [0.5, 0.6) is 11.5 Å². The Morgan fingerprint density at radius 2 is 2.04 bits per heavy atom. The van der Waals surface area contributed by atoms with Crippen LogP contribution in [0.15, 0.2) is 67.3 Å². The molecule has 3 nitrogen and oxygen atoms in total. The molecule has 4 rings (SSSR count). The molecule has 0 fully saturated rings. The topological polar surface area (TPSA) is 41.5 Å². The van der Waals surface area contributed by atoms with E-state index in [0.29, 0.717) is 24.2 Å². The Labute approximate surface area is 142 Å². The zero-order chi connectivity index (χ0) is 16.5. The molecular formula is C21H21NO2. The summed E-state index contributed by atoms with van der Waals surface area (Å²) in [6.45, 7) is 4.22. The van der Waals surface area contributed by atoms with Gasteiger partial charge < -0.3 is 15.2 Å². The van der Waals surface area contributed by atoms with Gasteiger partial charge in [0.25, 0.3) is 0 Å². The van der Waals surface area contributed by atoms with Crippen LogP contribution in [0.25, 0.3) is 0 Å². The van der Waals surface area contributed by atoms with E-state index in [1.807, 2.05) is 18.2 Å². The molecule has 0 saturated heterocycles. The number of allylic oxidation sites excluding steroid dienone is 2. The van der Waals surface area contributed by atoms with Gasteiger partial charge in [-0.3, -0.25) is 0 Å². The number of hydrogen-bond acceptors (Lipinski definition) is 3. The molecule has 2 aliphatic rings. The highest BCUT2D eigenvalue weighted by Gasteiger charge is 2.37. The second-order valence-corrected chi connectivity index (χ2v) is 6.42. The molecule has 2 aromatic carbocycles. The van der Waals surface area contributed by atoms with Gasteiger partial charge in [-0.05, 0) is 53.8 Å². The van der Waals surface area contributed by atoms with Crippen molar-refractivity contribution in [3.05, 3.63) is 78.4 Å². The Kier molecular flexibility index (Phi) is 3.77. The molecule has 0 spiro atoms. The van der Waals surface area contributed by atoms with Crippen LogP contribution in [-0.4, -0.2) is 11.7 Å². The average molecular weight is 319 g/mol. The molecule has 0 saturated carbocycles. The zero-order valence-corrected chi connectivity index (χ0v) is 13.5. The SMILES string of the molecule is C=CCOc1ccc2c(c1)C1C=CCC1C(c1ccc(O)cc1)N2.